The van der Waals surface area contributed by atoms with Gasteiger partial charge in [0, 0.05) is 37.7 Å². The number of ketones is 1. The van der Waals surface area contributed by atoms with Crippen molar-refractivity contribution >= 4 is 11.8 Å². The number of rotatable bonds is 4. The highest BCUT2D eigenvalue weighted by Crippen LogP contribution is 2.07. The highest BCUT2D eigenvalue weighted by molar-refractivity contribution is 5.99. The number of carbonyl (C=O) groups is 2. The first-order chi connectivity index (χ1) is 9.43. The van der Waals surface area contributed by atoms with E-state index in [9.17, 15) is 9.59 Å². The molecular formula is C15H23N3O2. The van der Waals surface area contributed by atoms with E-state index in [0.717, 1.165) is 0 Å². The fraction of sp³-hybridized carbons (Fsp3) is 0.400. The lowest BCUT2D eigenvalue weighted by Crippen LogP contribution is -2.40. The van der Waals surface area contributed by atoms with Gasteiger partial charge in [0.25, 0.3) is 0 Å². The first-order valence-electron chi connectivity index (χ1n) is 6.51. The van der Waals surface area contributed by atoms with Crippen molar-refractivity contribution in [1.29, 1.82) is 0 Å². The molecule has 0 aliphatic heterocycles. The van der Waals surface area contributed by atoms with E-state index in [1.165, 1.54) is 9.80 Å². The zero-order chi connectivity index (χ0) is 15.7. The molecule has 5 nitrogen and oxygen atoms in total. The second-order valence-corrected chi connectivity index (χ2v) is 4.16. The molecule has 0 saturated carbocycles. The highest BCUT2D eigenvalue weighted by Gasteiger charge is 2.20. The smallest absolute Gasteiger partial charge is 0.324 e. The summed E-state index contributed by atoms with van der Waals surface area (Å²) in [6.07, 6.45) is 3.10. The van der Waals surface area contributed by atoms with E-state index in [4.69, 9.17) is 0 Å². The van der Waals surface area contributed by atoms with Crippen LogP contribution < -0.4 is 0 Å². The van der Waals surface area contributed by atoms with Gasteiger partial charge in [-0.05, 0) is 19.1 Å². The number of aromatic nitrogens is 1. The number of carbonyl (C=O) groups excluding carboxylic acids is 2. The Morgan fingerprint density at radius 3 is 2.10 bits per heavy atom. The summed E-state index contributed by atoms with van der Waals surface area (Å²) in [4.78, 5) is 30.5. The van der Waals surface area contributed by atoms with Gasteiger partial charge in [0.1, 0.15) is 0 Å². The van der Waals surface area contributed by atoms with Gasteiger partial charge in [-0.2, -0.15) is 0 Å². The van der Waals surface area contributed by atoms with E-state index in [2.05, 4.69) is 11.6 Å². The zero-order valence-electron chi connectivity index (χ0n) is 12.9. The number of allylic oxidation sites excluding steroid dienone is 1. The lowest BCUT2D eigenvalue weighted by Gasteiger charge is -2.25. The summed E-state index contributed by atoms with van der Waals surface area (Å²) in [5.41, 5.74) is 1.07. The number of Topliss-reactive ketones (excluding diaryl/α,β-unsaturated/α-hetero) is 1. The predicted octanol–water partition coefficient (Wildman–Crippen LogP) is 2.81. The molecule has 0 bridgehead atoms. The molecule has 1 aromatic rings. The summed E-state index contributed by atoms with van der Waals surface area (Å²) >= 11 is 0. The third-order valence-electron chi connectivity index (χ3n) is 2.38. The van der Waals surface area contributed by atoms with Crippen molar-refractivity contribution < 1.29 is 9.59 Å². The Labute approximate surface area is 120 Å². The van der Waals surface area contributed by atoms with Crippen molar-refractivity contribution in [2.75, 3.05) is 20.6 Å². The van der Waals surface area contributed by atoms with Gasteiger partial charge in [0.05, 0.1) is 6.54 Å². The maximum Gasteiger partial charge on any atom is 0.324 e. The maximum absolute atomic E-state index is 12.0. The molecule has 0 unspecified atom stereocenters. The highest BCUT2D eigenvalue weighted by atomic mass is 16.2. The fourth-order valence-electron chi connectivity index (χ4n) is 1.38. The normalized spacial score (nSPS) is 9.05. The SMILES string of the molecule is C=C(C)N(CC(=O)c1ccncc1)C(=O)N(C)C.CC. The number of amides is 2. The van der Waals surface area contributed by atoms with Crippen molar-refractivity contribution in [2.45, 2.75) is 20.8 Å². The molecule has 0 aliphatic carbocycles. The predicted molar refractivity (Wildman–Crippen MR) is 80.5 cm³/mol. The molecule has 0 atom stereocenters. The van der Waals surface area contributed by atoms with Crippen LogP contribution in [-0.4, -0.2) is 47.2 Å². The van der Waals surface area contributed by atoms with Crippen LogP contribution in [0.15, 0.2) is 36.8 Å². The fourth-order valence-corrected chi connectivity index (χ4v) is 1.38. The second kappa shape index (κ2) is 8.85. The molecule has 0 aliphatic rings. The van der Waals surface area contributed by atoms with Crippen LogP contribution in [0.25, 0.3) is 0 Å². The summed E-state index contributed by atoms with van der Waals surface area (Å²) in [7, 11) is 3.27. The molecule has 110 valence electrons. The van der Waals surface area contributed by atoms with E-state index < -0.39 is 0 Å². The quantitative estimate of drug-likeness (QED) is 0.795. The number of pyridine rings is 1. The van der Waals surface area contributed by atoms with E-state index in [1.54, 1.807) is 45.5 Å². The van der Waals surface area contributed by atoms with Gasteiger partial charge in [-0.3, -0.25) is 14.7 Å². The second-order valence-electron chi connectivity index (χ2n) is 4.16. The molecule has 0 N–H and O–H groups in total. The molecule has 5 heteroatoms. The van der Waals surface area contributed by atoms with Crippen LogP contribution >= 0.6 is 0 Å². The van der Waals surface area contributed by atoms with Gasteiger partial charge in [-0.25, -0.2) is 4.79 Å². The van der Waals surface area contributed by atoms with Crippen LogP contribution in [0.4, 0.5) is 4.79 Å². The van der Waals surface area contributed by atoms with Gasteiger partial charge in [-0.1, -0.05) is 20.4 Å². The van der Waals surface area contributed by atoms with Gasteiger partial charge in [0.15, 0.2) is 5.78 Å². The third kappa shape index (κ3) is 5.22. The van der Waals surface area contributed by atoms with Crippen molar-refractivity contribution in [3.05, 3.63) is 42.4 Å². The summed E-state index contributed by atoms with van der Waals surface area (Å²) in [6, 6.07) is 2.99. The molecule has 1 rings (SSSR count). The Morgan fingerprint density at radius 1 is 1.20 bits per heavy atom. The van der Waals surface area contributed by atoms with Gasteiger partial charge in [0.2, 0.25) is 0 Å². The van der Waals surface area contributed by atoms with Crippen molar-refractivity contribution in [1.82, 2.24) is 14.8 Å². The van der Waals surface area contributed by atoms with Crippen LogP contribution in [0.1, 0.15) is 31.1 Å². The minimum Gasteiger partial charge on any atom is -0.330 e. The summed E-state index contributed by atoms with van der Waals surface area (Å²) < 4.78 is 0. The van der Waals surface area contributed by atoms with E-state index in [1.807, 2.05) is 13.8 Å². The number of hydrogen-bond donors (Lipinski definition) is 0. The van der Waals surface area contributed by atoms with Crippen LogP contribution in [-0.2, 0) is 0 Å². The lowest BCUT2D eigenvalue weighted by atomic mass is 10.1. The topological polar surface area (TPSA) is 53.5 Å². The average Bonchev–Trinajstić information content (AvgIpc) is 2.46. The third-order valence-corrected chi connectivity index (χ3v) is 2.38. The minimum atomic E-state index is -0.259. The maximum atomic E-state index is 12.0. The van der Waals surface area contributed by atoms with Crippen molar-refractivity contribution in [3.8, 4) is 0 Å². The van der Waals surface area contributed by atoms with Crippen LogP contribution in [0.5, 0.6) is 0 Å². The Hall–Kier alpha value is -2.17. The summed E-state index contributed by atoms with van der Waals surface area (Å²) in [5.74, 6) is -0.143. The Bertz CT molecular complexity index is 455. The van der Waals surface area contributed by atoms with Crippen LogP contribution in [0.2, 0.25) is 0 Å². The molecule has 1 aromatic heterocycles. The number of nitrogens with zero attached hydrogens (tertiary/aromatic N) is 3. The van der Waals surface area contributed by atoms with Crippen LogP contribution in [0.3, 0.4) is 0 Å². The minimum absolute atomic E-state index is 0.0175. The molecule has 1 heterocycles. The van der Waals surface area contributed by atoms with Crippen molar-refractivity contribution in [2.24, 2.45) is 0 Å². The van der Waals surface area contributed by atoms with Gasteiger partial charge in [-0.15, -0.1) is 0 Å². The standard InChI is InChI=1S/C13H17N3O2.C2H6/c1-10(2)16(13(18)15(3)4)9-12(17)11-5-7-14-8-6-11;1-2/h5-8H,1,9H2,2-4H3;1-2H3. The molecule has 0 fully saturated rings. The van der Waals surface area contributed by atoms with E-state index in [0.29, 0.717) is 11.3 Å². The lowest BCUT2D eigenvalue weighted by molar-refractivity contribution is 0.0949. The van der Waals surface area contributed by atoms with Gasteiger partial charge < -0.3 is 4.90 Å². The van der Waals surface area contributed by atoms with E-state index >= 15 is 0 Å². The number of urea groups is 1. The molecule has 0 radical (unpaired) electrons. The molecule has 0 aromatic carbocycles. The molecule has 2 amide bonds. The zero-order valence-corrected chi connectivity index (χ0v) is 12.9. The number of hydrogen-bond acceptors (Lipinski definition) is 3. The van der Waals surface area contributed by atoms with Crippen LogP contribution in [0, 0.1) is 0 Å². The Balaban J connectivity index is 0.00000172. The first-order valence-corrected chi connectivity index (χ1v) is 6.51. The average molecular weight is 277 g/mol. The summed E-state index contributed by atoms with van der Waals surface area (Å²) in [5, 5.41) is 0. The monoisotopic (exact) mass is 277 g/mol. The molecule has 0 saturated heterocycles. The Kier molecular flexibility index (Phi) is 7.89. The largest absolute Gasteiger partial charge is 0.330 e. The van der Waals surface area contributed by atoms with E-state index in [-0.39, 0.29) is 18.4 Å². The van der Waals surface area contributed by atoms with Gasteiger partial charge >= 0.3 is 6.03 Å². The Morgan fingerprint density at radius 2 is 1.70 bits per heavy atom. The summed E-state index contributed by atoms with van der Waals surface area (Å²) in [6.45, 7) is 9.40. The molecule has 0 spiro atoms. The first kappa shape index (κ1) is 17.8. The molecule has 20 heavy (non-hydrogen) atoms. The van der Waals surface area contributed by atoms with Crippen molar-refractivity contribution in [3.63, 3.8) is 0 Å². The molecular weight excluding hydrogens is 254 g/mol.